The van der Waals surface area contributed by atoms with E-state index in [1.807, 2.05) is 0 Å². The summed E-state index contributed by atoms with van der Waals surface area (Å²) in [6.07, 6.45) is -27.2. The summed E-state index contributed by atoms with van der Waals surface area (Å²) in [6, 6.07) is 3.02. The van der Waals surface area contributed by atoms with E-state index in [0.29, 0.717) is 0 Å². The minimum absolute atomic E-state index is 0.0409. The summed E-state index contributed by atoms with van der Waals surface area (Å²) in [6.45, 7) is 13.3. The maximum atomic E-state index is 15.1. The van der Waals surface area contributed by atoms with Crippen molar-refractivity contribution in [3.05, 3.63) is 28.8 Å². The van der Waals surface area contributed by atoms with Crippen molar-refractivity contribution < 1.29 is 122 Å². The number of phenols is 2. The number of aliphatic hydroxyl groups is 8. The summed E-state index contributed by atoms with van der Waals surface area (Å²) in [5.41, 5.74) is -1.50. The first-order valence-electron chi connectivity index (χ1n) is 26.9. The Morgan fingerprint density at radius 1 is 0.696 bits per heavy atom. The largest absolute Gasteiger partial charge is 0.507 e. The zero-order valence-corrected chi connectivity index (χ0v) is 45.8. The third-order valence-electron chi connectivity index (χ3n) is 16.1. The van der Waals surface area contributed by atoms with Gasteiger partial charge in [0.15, 0.2) is 42.8 Å². The first-order chi connectivity index (χ1) is 37.1. The van der Waals surface area contributed by atoms with Crippen LogP contribution >= 0.6 is 0 Å². The van der Waals surface area contributed by atoms with Crippen molar-refractivity contribution in [2.24, 2.45) is 5.92 Å². The molecule has 2 aromatic rings. The quantitative estimate of drug-likeness (QED) is 0.101. The number of aliphatic hydroxyl groups excluding tert-OH is 7. The predicted octanol–water partition coefficient (Wildman–Crippen LogP) is 0.322. The molecular weight excluding hydrogens is 1050 g/mol. The molecule has 25 nitrogen and oxygen atoms in total. The summed E-state index contributed by atoms with van der Waals surface area (Å²) in [7, 11) is 1.18. The second kappa shape index (κ2) is 24.6. The third-order valence-corrected chi connectivity index (χ3v) is 16.1. The van der Waals surface area contributed by atoms with E-state index in [0.717, 1.165) is 0 Å². The van der Waals surface area contributed by atoms with Gasteiger partial charge in [-0.3, -0.25) is 14.4 Å². The van der Waals surface area contributed by atoms with Gasteiger partial charge in [0.2, 0.25) is 6.29 Å². The highest BCUT2D eigenvalue weighted by molar-refractivity contribution is 6.11. The number of methoxy groups -OCH3 is 1. The molecule has 5 fully saturated rings. The van der Waals surface area contributed by atoms with Crippen LogP contribution in [0.15, 0.2) is 12.1 Å². The minimum Gasteiger partial charge on any atom is -0.507 e. The van der Waals surface area contributed by atoms with Crippen LogP contribution in [0.25, 0.3) is 10.8 Å². The van der Waals surface area contributed by atoms with Gasteiger partial charge in [-0.25, -0.2) is 0 Å². The summed E-state index contributed by atoms with van der Waals surface area (Å²) >= 11 is 0. The molecule has 10 N–H and O–H groups in total. The maximum absolute atomic E-state index is 15.1. The minimum atomic E-state index is -1.96. The van der Waals surface area contributed by atoms with Gasteiger partial charge in [0, 0.05) is 57.6 Å². The normalized spacial score (nSPS) is 41.2. The number of ether oxygens (including phenoxy) is 12. The maximum Gasteiger partial charge on any atom is 0.303 e. The van der Waals surface area contributed by atoms with E-state index in [2.05, 4.69) is 0 Å². The fourth-order valence-corrected chi connectivity index (χ4v) is 11.7. The smallest absolute Gasteiger partial charge is 0.303 e. The molecule has 8 rings (SSSR count). The van der Waals surface area contributed by atoms with E-state index in [1.54, 1.807) is 27.7 Å². The monoisotopic (exact) mass is 1130 g/mol. The number of ketones is 2. The Balaban J connectivity index is 1.03. The van der Waals surface area contributed by atoms with E-state index in [-0.39, 0.29) is 71.7 Å². The van der Waals surface area contributed by atoms with Crippen molar-refractivity contribution in [2.45, 2.75) is 248 Å². The zero-order valence-electron chi connectivity index (χ0n) is 45.8. The summed E-state index contributed by atoms with van der Waals surface area (Å²) in [5, 5.41) is 110. The number of carbonyl (C=O) groups excluding carboxylic acids is 3. The van der Waals surface area contributed by atoms with Gasteiger partial charge in [0.25, 0.3) is 0 Å². The first kappa shape index (κ1) is 61.3. The number of Topliss-reactive ketones (excluding diaryl/α,β-unsaturated/α-hetero) is 2. The third kappa shape index (κ3) is 12.9. The average molecular weight is 1130 g/mol. The molecule has 79 heavy (non-hydrogen) atoms. The Bertz CT molecular complexity index is 2480. The number of carbonyl (C=O) groups is 3. The van der Waals surface area contributed by atoms with Crippen molar-refractivity contribution in [1.29, 1.82) is 0 Å². The van der Waals surface area contributed by atoms with Crippen LogP contribution in [-0.4, -0.2) is 223 Å². The van der Waals surface area contributed by atoms with Gasteiger partial charge in [-0.2, -0.15) is 0 Å². The first-order valence-corrected chi connectivity index (χ1v) is 26.9. The van der Waals surface area contributed by atoms with E-state index in [1.165, 1.54) is 53.9 Å². The van der Waals surface area contributed by atoms with Crippen LogP contribution in [0.2, 0.25) is 0 Å². The van der Waals surface area contributed by atoms with Crippen molar-refractivity contribution >= 4 is 28.3 Å². The van der Waals surface area contributed by atoms with Crippen LogP contribution in [0.3, 0.4) is 0 Å². The average Bonchev–Trinajstić information content (AvgIpc) is 3.41. The number of benzene rings is 2. The number of hydrogen-bond donors (Lipinski definition) is 10. The van der Waals surface area contributed by atoms with Gasteiger partial charge in [0.05, 0.1) is 72.0 Å². The molecule has 0 spiro atoms. The lowest BCUT2D eigenvalue weighted by atomic mass is 9.75. The van der Waals surface area contributed by atoms with Gasteiger partial charge in [-0.15, -0.1) is 0 Å². The highest BCUT2D eigenvalue weighted by atomic mass is 16.7. The fourth-order valence-electron chi connectivity index (χ4n) is 11.7. The molecule has 2 aromatic carbocycles. The molecule has 5 aliphatic heterocycles. The molecule has 25 atom stereocenters. The summed E-state index contributed by atoms with van der Waals surface area (Å²) < 4.78 is 72.2. The zero-order chi connectivity index (χ0) is 57.8. The van der Waals surface area contributed by atoms with Gasteiger partial charge in [-0.05, 0) is 84.9 Å². The van der Waals surface area contributed by atoms with E-state index < -0.39 is 182 Å². The van der Waals surface area contributed by atoms with Gasteiger partial charge < -0.3 is 108 Å². The van der Waals surface area contributed by atoms with Crippen molar-refractivity contribution in [1.82, 2.24) is 0 Å². The molecule has 5 saturated heterocycles. The Morgan fingerprint density at radius 2 is 1.19 bits per heavy atom. The van der Waals surface area contributed by atoms with Crippen molar-refractivity contribution in [3.63, 3.8) is 0 Å². The number of hydrogen-bond acceptors (Lipinski definition) is 25. The molecular formula is C54H78O25. The van der Waals surface area contributed by atoms with Gasteiger partial charge >= 0.3 is 5.97 Å². The van der Waals surface area contributed by atoms with Crippen LogP contribution < -0.4 is 4.74 Å². The Morgan fingerprint density at radius 3 is 1.71 bits per heavy atom. The Labute approximate surface area is 456 Å². The second-order valence-electron chi connectivity index (χ2n) is 22.3. The van der Waals surface area contributed by atoms with Crippen LogP contribution in [0.4, 0.5) is 0 Å². The number of fused-ring (bicyclic) bond motifs is 2. The number of rotatable bonds is 16. The molecule has 25 heteroatoms. The SMILES string of the molecule is CO[C@H](C(=O)[C@@H](O)[C@@H](C)O)[C@@H]1Cc2cc3cc(O[C@H]4C[C@@H](O[C@H]5C[C@@H](O)[C@H](O)[C@@H](C)O5)[C@H](O)[C@@H](C)O4)c(C)c(O)c3c(O)c2C(=O)[C@H]1O[C@H]1C[C@@H](O[C@H]2C[C@@H](O[C@H]3C[C@](C)(O)[C@H](OC(C)=O)[C@@H](C)O3)[C@@H](O)[C@@H](C)O2)[C@H](O)[C@@H](C)O1. The highest BCUT2D eigenvalue weighted by Gasteiger charge is 2.52. The summed E-state index contributed by atoms with van der Waals surface area (Å²) in [5.74, 6) is -4.71. The number of phenolic OH excluding ortho intramolecular Hbond substituents is 2. The van der Waals surface area contributed by atoms with Gasteiger partial charge in [0.1, 0.15) is 65.6 Å². The molecule has 5 heterocycles. The van der Waals surface area contributed by atoms with Crippen LogP contribution in [0.1, 0.15) is 109 Å². The lowest BCUT2D eigenvalue weighted by molar-refractivity contribution is -0.334. The molecule has 0 amide bonds. The van der Waals surface area contributed by atoms with E-state index >= 15 is 4.79 Å². The second-order valence-corrected chi connectivity index (χ2v) is 22.3. The molecule has 1 aliphatic carbocycles. The molecule has 0 aromatic heterocycles. The predicted molar refractivity (Wildman–Crippen MR) is 268 cm³/mol. The molecule has 444 valence electrons. The standard InChI is InChI=1S/C54H78O25/c1-19-31(75-36-15-32(45(61)22(4)70-36)76-35-14-30(57)44(60)21(3)69-35)13-28-11-27-12-29(51(68-10)50(66)43(59)20(2)55)52(49(65)41(27)48(64)40(28)42(19)58)79-38-17-33(46(62)24(6)72-38)77-37-16-34(47(63)23(5)71-37)78-39-18-54(9,67)53(25(7)73-39)74-26(8)56/h11,13,20-25,29-30,32-39,43-47,51-53,55,57-64,67H,12,14-18H2,1-10H3/t20-,21-,22-,23-,24-,25-,29+,30-,32-,33-,34-,35+,36+,37+,38+,39+,43+,44-,45-,46-,47+,51+,52+,53-,54+/m1/s1. The van der Waals surface area contributed by atoms with E-state index in [9.17, 15) is 60.7 Å². The topological polar surface area (TPSA) is 364 Å². The lowest BCUT2D eigenvalue weighted by Crippen LogP contribution is -2.59. The molecule has 0 unspecified atom stereocenters. The molecule has 0 radical (unpaired) electrons. The van der Waals surface area contributed by atoms with E-state index in [4.69, 9.17) is 56.8 Å². The Kier molecular flexibility index (Phi) is 19.1. The number of esters is 1. The van der Waals surface area contributed by atoms with Crippen LogP contribution in [0, 0.1) is 12.8 Å². The number of aromatic hydroxyl groups is 2. The lowest BCUT2D eigenvalue weighted by Gasteiger charge is -2.46. The fraction of sp³-hybridized carbons (Fsp3) is 0.759. The Hall–Kier alpha value is -3.81. The summed E-state index contributed by atoms with van der Waals surface area (Å²) in [4.78, 5) is 40.7. The van der Waals surface area contributed by atoms with Crippen LogP contribution in [-0.2, 0) is 68.1 Å². The van der Waals surface area contributed by atoms with Gasteiger partial charge in [-0.1, -0.05) is 0 Å². The van der Waals surface area contributed by atoms with Crippen molar-refractivity contribution in [3.8, 4) is 17.2 Å². The molecule has 6 aliphatic rings. The van der Waals surface area contributed by atoms with Crippen molar-refractivity contribution in [2.75, 3.05) is 7.11 Å². The highest BCUT2D eigenvalue weighted by Crippen LogP contribution is 2.48. The van der Waals surface area contributed by atoms with Crippen LogP contribution in [0.5, 0.6) is 17.2 Å². The molecule has 0 saturated carbocycles. The molecule has 0 bridgehead atoms.